The van der Waals surface area contributed by atoms with Gasteiger partial charge in [0.25, 0.3) is 0 Å². The smallest absolute Gasteiger partial charge is 0.0620 e. The topological polar surface area (TPSA) is 0 Å². The number of fused-ring (bicyclic) bond motifs is 1. The van der Waals surface area contributed by atoms with Gasteiger partial charge in [-0.25, -0.2) is 0 Å². The van der Waals surface area contributed by atoms with Crippen molar-refractivity contribution in [2.45, 2.75) is 20.8 Å². The fraction of sp³-hybridized carbons (Fsp3) is 0.120. The van der Waals surface area contributed by atoms with Crippen molar-refractivity contribution in [1.29, 1.82) is 0 Å². The molecule has 4 rings (SSSR count). The molecule has 0 N–H and O–H groups in total. The summed E-state index contributed by atoms with van der Waals surface area (Å²) < 4.78 is 0. The maximum absolute atomic E-state index is 7.30. The minimum atomic E-state index is -2.17. The van der Waals surface area contributed by atoms with Gasteiger partial charge in [0.05, 0.1) is 23.1 Å². The molecule has 27 heavy (non-hydrogen) atoms. The van der Waals surface area contributed by atoms with Crippen LogP contribution >= 0.6 is 7.14 Å². The Morgan fingerprint density at radius 3 is 1.37 bits per heavy atom. The van der Waals surface area contributed by atoms with Crippen LogP contribution in [0, 0.1) is 20.8 Å². The number of hydrogen-bond acceptors (Lipinski definition) is 0. The van der Waals surface area contributed by atoms with Crippen molar-refractivity contribution >= 4 is 30.6 Å². The first kappa shape index (κ1) is 18.0. The lowest BCUT2D eigenvalue weighted by atomic mass is 10.1. The Bertz CT molecular complexity index is 975. The van der Waals surface area contributed by atoms with Crippen LogP contribution in [0.1, 0.15) is 16.7 Å². The third kappa shape index (κ3) is 3.11. The van der Waals surface area contributed by atoms with E-state index in [4.69, 9.17) is 7.57 Å². The summed E-state index contributed by atoms with van der Waals surface area (Å²) in [5, 5.41) is 3.66. The predicted octanol–water partition coefficient (Wildman–Crippen LogP) is 5.09. The largest absolute Gasteiger partial charge is 0.383 e. The van der Waals surface area contributed by atoms with Gasteiger partial charge in [-0.3, -0.25) is 0 Å². The summed E-state index contributed by atoms with van der Waals surface area (Å²) in [5.41, 5.74) is 6.50. The van der Waals surface area contributed by atoms with Crippen LogP contribution in [0.15, 0.2) is 84.9 Å². The van der Waals surface area contributed by atoms with Gasteiger partial charge in [0, 0.05) is 0 Å². The second-order valence-electron chi connectivity index (χ2n) is 7.33. The Morgan fingerprint density at radius 2 is 0.963 bits per heavy atom. The third-order valence-electron chi connectivity index (χ3n) is 5.35. The number of hydrogen-bond donors (Lipinski definition) is 0. The molecule has 2 aromatic carbocycles. The summed E-state index contributed by atoms with van der Waals surface area (Å²) in [7, 11) is 5.12. The molecule has 0 heterocycles. The number of benzene rings is 2. The van der Waals surface area contributed by atoms with Crippen molar-refractivity contribution in [1.82, 2.24) is 0 Å². The van der Waals surface area contributed by atoms with E-state index >= 15 is 0 Å². The summed E-state index contributed by atoms with van der Waals surface area (Å²) in [5.74, 6) is 0. The molecule has 0 saturated carbocycles. The van der Waals surface area contributed by atoms with Crippen molar-refractivity contribution in [2.24, 2.45) is 0 Å². The number of rotatable bonds is 3. The van der Waals surface area contributed by atoms with Crippen LogP contribution in [-0.2, 0) is 0 Å². The minimum Gasteiger partial charge on any atom is -0.0620 e. The van der Waals surface area contributed by atoms with Crippen molar-refractivity contribution < 1.29 is 0 Å². The van der Waals surface area contributed by atoms with Crippen LogP contribution in [0.4, 0.5) is 0 Å². The van der Waals surface area contributed by atoms with Gasteiger partial charge >= 0.3 is 7.57 Å². The first-order valence-electron chi connectivity index (χ1n) is 9.31. The second kappa shape index (κ2) is 6.99. The average Bonchev–Trinajstić information content (AvgIpc) is 3.11. The zero-order valence-corrected chi connectivity index (χ0v) is 17.0. The van der Waals surface area contributed by atoms with E-state index in [0.717, 1.165) is 0 Å². The molecular weight excluding hydrogens is 342 g/mol. The molecule has 0 spiro atoms. The molecule has 0 amide bonds. The molecule has 2 aliphatic rings. The van der Waals surface area contributed by atoms with Crippen LogP contribution in [0.5, 0.6) is 0 Å². The van der Waals surface area contributed by atoms with Gasteiger partial charge in [0.15, 0.2) is 0 Å². The summed E-state index contributed by atoms with van der Waals surface area (Å²) in [6, 6.07) is 30.3. The van der Waals surface area contributed by atoms with Crippen molar-refractivity contribution in [3.8, 4) is 11.1 Å². The fourth-order valence-corrected chi connectivity index (χ4v) is 6.85. The molecule has 2 aliphatic carbocycles. The predicted molar refractivity (Wildman–Crippen MR) is 122 cm³/mol. The Labute approximate surface area is 164 Å². The highest BCUT2D eigenvalue weighted by Crippen LogP contribution is 2.52. The molecular formula is C25H23BP+. The highest BCUT2D eigenvalue weighted by molar-refractivity contribution is 8.13. The SMILES string of the molecule is [B][P+](c1ccccc1)(c1ccccc1)c1cc2c(C)cc(C)cc(C)c-2c1. The normalized spacial score (nSPS) is 11.7. The van der Waals surface area contributed by atoms with E-state index in [0.29, 0.717) is 0 Å². The van der Waals surface area contributed by atoms with Gasteiger partial charge in [0.1, 0.15) is 0 Å². The summed E-state index contributed by atoms with van der Waals surface area (Å²) in [4.78, 5) is 0. The van der Waals surface area contributed by atoms with Crippen molar-refractivity contribution in [3.63, 3.8) is 0 Å². The third-order valence-corrected chi connectivity index (χ3v) is 8.64. The van der Waals surface area contributed by atoms with E-state index in [-0.39, 0.29) is 0 Å². The van der Waals surface area contributed by atoms with E-state index in [1.165, 1.54) is 43.7 Å². The Morgan fingerprint density at radius 1 is 0.556 bits per heavy atom. The second-order valence-corrected chi connectivity index (χ2v) is 10.3. The van der Waals surface area contributed by atoms with Gasteiger partial charge in [0.2, 0.25) is 0 Å². The zero-order chi connectivity index (χ0) is 19.0. The zero-order valence-electron chi connectivity index (χ0n) is 16.1. The Balaban J connectivity index is 2.03. The van der Waals surface area contributed by atoms with Crippen LogP contribution in [0.2, 0.25) is 0 Å². The standard InChI is InChI=1S/C25H23BP/c1-18-14-19(2)24-16-23(17-25(24)20(3)15-18)27(26,21-10-6-4-7-11-21)22-12-8-5-9-13-22/h4-17H,1-3H3/q+1. The van der Waals surface area contributed by atoms with Crippen LogP contribution < -0.4 is 15.9 Å². The van der Waals surface area contributed by atoms with Gasteiger partial charge in [-0.15, -0.1) is 0 Å². The lowest BCUT2D eigenvalue weighted by molar-refractivity contribution is 1.43. The molecule has 0 nitrogen and oxygen atoms in total. The molecule has 0 aliphatic heterocycles. The van der Waals surface area contributed by atoms with Crippen LogP contribution in [0.25, 0.3) is 11.1 Å². The molecule has 2 radical (unpaired) electrons. The van der Waals surface area contributed by atoms with Gasteiger partial charge in [-0.05, 0) is 79.4 Å². The summed E-state index contributed by atoms with van der Waals surface area (Å²) in [6.45, 7) is 6.55. The van der Waals surface area contributed by atoms with Gasteiger partial charge in [-0.2, -0.15) is 0 Å². The van der Waals surface area contributed by atoms with Crippen molar-refractivity contribution in [3.05, 3.63) is 102 Å². The quantitative estimate of drug-likeness (QED) is 0.350. The Kier molecular flexibility index (Phi) is 4.66. The van der Waals surface area contributed by atoms with E-state index in [1.807, 2.05) is 0 Å². The molecule has 0 aromatic heterocycles. The molecule has 0 atom stereocenters. The fourth-order valence-electron chi connectivity index (χ4n) is 4.00. The monoisotopic (exact) mass is 365 g/mol. The van der Waals surface area contributed by atoms with Gasteiger partial charge < -0.3 is 0 Å². The highest BCUT2D eigenvalue weighted by atomic mass is 31.2. The molecule has 130 valence electrons. The Hall–Kier alpha value is -2.37. The first-order chi connectivity index (χ1) is 13.0. The molecule has 2 aromatic rings. The summed E-state index contributed by atoms with van der Waals surface area (Å²) in [6.07, 6.45) is 0. The van der Waals surface area contributed by atoms with Crippen LogP contribution in [-0.4, -0.2) is 7.57 Å². The minimum absolute atomic E-state index is 1.21. The van der Waals surface area contributed by atoms with E-state index in [1.54, 1.807) is 0 Å². The maximum Gasteiger partial charge on any atom is 0.383 e. The van der Waals surface area contributed by atoms with Crippen LogP contribution in [0.3, 0.4) is 0 Å². The molecule has 2 heteroatoms. The molecule has 0 unspecified atom stereocenters. The van der Waals surface area contributed by atoms with E-state index < -0.39 is 7.14 Å². The number of aryl methyl sites for hydroxylation is 3. The molecule has 0 bridgehead atoms. The molecule has 0 saturated heterocycles. The summed E-state index contributed by atoms with van der Waals surface area (Å²) >= 11 is 0. The van der Waals surface area contributed by atoms with Crippen molar-refractivity contribution in [2.75, 3.05) is 0 Å². The lowest BCUT2D eigenvalue weighted by Crippen LogP contribution is -2.30. The first-order valence-corrected chi connectivity index (χ1v) is 11.2. The van der Waals surface area contributed by atoms with Gasteiger partial charge in [-0.1, -0.05) is 54.1 Å². The van der Waals surface area contributed by atoms with E-state index in [2.05, 4.69) is 106 Å². The molecule has 0 fully saturated rings. The lowest BCUT2D eigenvalue weighted by Gasteiger charge is -2.22. The van der Waals surface area contributed by atoms with E-state index in [9.17, 15) is 0 Å². The maximum atomic E-state index is 7.30. The highest BCUT2D eigenvalue weighted by Gasteiger charge is 2.41. The average molecular weight is 365 g/mol.